The second-order valence-electron chi connectivity index (χ2n) is 5.98. The van der Waals surface area contributed by atoms with Crippen LogP contribution in [-0.2, 0) is 0 Å². The third-order valence-corrected chi connectivity index (χ3v) is 2.92. The van der Waals surface area contributed by atoms with Gasteiger partial charge in [-0.05, 0) is 56.5 Å². The van der Waals surface area contributed by atoms with E-state index in [1.54, 1.807) is 0 Å². The Morgan fingerprint density at radius 2 is 1.50 bits per heavy atom. The molecule has 0 aromatic heterocycles. The van der Waals surface area contributed by atoms with Crippen molar-refractivity contribution in [3.63, 3.8) is 0 Å². The van der Waals surface area contributed by atoms with Gasteiger partial charge in [-0.2, -0.15) is 0 Å². The molecule has 0 aliphatic rings. The summed E-state index contributed by atoms with van der Waals surface area (Å²) in [5.74, 6) is 0.909. The molecule has 1 heteroatoms. The number of ether oxygens (including phenoxy) is 1. The SMILES string of the molecule is C/C(=C\c1ccc(OC(C)(C)C)cc1)c1ccccc1. The molecule has 0 heterocycles. The van der Waals surface area contributed by atoms with Gasteiger partial charge in [0.2, 0.25) is 0 Å². The maximum Gasteiger partial charge on any atom is 0.120 e. The predicted octanol–water partition coefficient (Wildman–Crippen LogP) is 5.42. The minimum atomic E-state index is -0.155. The van der Waals surface area contributed by atoms with Gasteiger partial charge in [-0.3, -0.25) is 0 Å². The van der Waals surface area contributed by atoms with Crippen LogP contribution in [0.15, 0.2) is 54.6 Å². The Bertz CT molecular complexity index is 571. The van der Waals surface area contributed by atoms with Gasteiger partial charge >= 0.3 is 0 Å². The number of hydrogen-bond acceptors (Lipinski definition) is 1. The lowest BCUT2D eigenvalue weighted by Crippen LogP contribution is -2.22. The van der Waals surface area contributed by atoms with Crippen molar-refractivity contribution in [2.45, 2.75) is 33.3 Å². The summed E-state index contributed by atoms with van der Waals surface area (Å²) < 4.78 is 5.83. The van der Waals surface area contributed by atoms with Crippen LogP contribution >= 0.6 is 0 Å². The van der Waals surface area contributed by atoms with Crippen LogP contribution in [0.4, 0.5) is 0 Å². The fourth-order valence-corrected chi connectivity index (χ4v) is 2.02. The van der Waals surface area contributed by atoms with E-state index in [1.165, 1.54) is 16.7 Å². The fraction of sp³-hybridized carbons (Fsp3) is 0.263. The summed E-state index contributed by atoms with van der Waals surface area (Å²) in [6.07, 6.45) is 2.19. The van der Waals surface area contributed by atoms with Crippen molar-refractivity contribution < 1.29 is 4.74 Å². The van der Waals surface area contributed by atoms with E-state index in [1.807, 2.05) is 18.2 Å². The van der Waals surface area contributed by atoms with Crippen LogP contribution in [0.2, 0.25) is 0 Å². The largest absolute Gasteiger partial charge is 0.488 e. The van der Waals surface area contributed by atoms with Gasteiger partial charge in [0.15, 0.2) is 0 Å². The van der Waals surface area contributed by atoms with Gasteiger partial charge < -0.3 is 4.74 Å². The van der Waals surface area contributed by atoms with Gasteiger partial charge in [0, 0.05) is 0 Å². The van der Waals surface area contributed by atoms with E-state index in [0.29, 0.717) is 0 Å². The maximum absolute atomic E-state index is 5.83. The van der Waals surface area contributed by atoms with Crippen molar-refractivity contribution in [3.8, 4) is 5.75 Å². The second kappa shape index (κ2) is 5.96. The average Bonchev–Trinajstić information content (AvgIpc) is 2.40. The molecule has 0 fully saturated rings. The molecule has 20 heavy (non-hydrogen) atoms. The third-order valence-electron chi connectivity index (χ3n) is 2.92. The number of hydrogen-bond donors (Lipinski definition) is 0. The summed E-state index contributed by atoms with van der Waals surface area (Å²) in [4.78, 5) is 0. The average molecular weight is 266 g/mol. The smallest absolute Gasteiger partial charge is 0.120 e. The zero-order chi connectivity index (χ0) is 14.6. The molecule has 2 aromatic carbocycles. The summed E-state index contributed by atoms with van der Waals surface area (Å²) in [7, 11) is 0. The third kappa shape index (κ3) is 4.27. The van der Waals surface area contributed by atoms with Crippen LogP contribution in [0.25, 0.3) is 11.6 Å². The first-order valence-electron chi connectivity index (χ1n) is 6.97. The standard InChI is InChI=1S/C19H22O/c1-15(17-8-6-5-7-9-17)14-16-10-12-18(13-11-16)20-19(2,3)4/h5-14H,1-4H3/b15-14+. The van der Waals surface area contributed by atoms with E-state index in [0.717, 1.165) is 5.75 Å². The van der Waals surface area contributed by atoms with Crippen LogP contribution in [0.5, 0.6) is 5.75 Å². The summed E-state index contributed by atoms with van der Waals surface area (Å²) >= 11 is 0. The van der Waals surface area contributed by atoms with Crippen molar-refractivity contribution in [2.75, 3.05) is 0 Å². The van der Waals surface area contributed by atoms with Crippen molar-refractivity contribution in [2.24, 2.45) is 0 Å². The Labute approximate surface area is 121 Å². The molecule has 0 bridgehead atoms. The van der Waals surface area contributed by atoms with Crippen molar-refractivity contribution in [3.05, 3.63) is 65.7 Å². The van der Waals surface area contributed by atoms with E-state index >= 15 is 0 Å². The van der Waals surface area contributed by atoms with Crippen molar-refractivity contribution in [1.29, 1.82) is 0 Å². The summed E-state index contributed by atoms with van der Waals surface area (Å²) in [6.45, 7) is 8.30. The van der Waals surface area contributed by atoms with Crippen LogP contribution in [0.3, 0.4) is 0 Å². The number of benzene rings is 2. The highest BCUT2D eigenvalue weighted by Gasteiger charge is 2.11. The topological polar surface area (TPSA) is 9.23 Å². The minimum absolute atomic E-state index is 0.155. The summed E-state index contributed by atoms with van der Waals surface area (Å²) in [5, 5.41) is 0. The molecule has 0 aliphatic carbocycles. The van der Waals surface area contributed by atoms with E-state index < -0.39 is 0 Å². The monoisotopic (exact) mass is 266 g/mol. The minimum Gasteiger partial charge on any atom is -0.488 e. The van der Waals surface area contributed by atoms with E-state index in [9.17, 15) is 0 Å². The van der Waals surface area contributed by atoms with E-state index in [-0.39, 0.29) is 5.60 Å². The van der Waals surface area contributed by atoms with Crippen molar-refractivity contribution in [1.82, 2.24) is 0 Å². The molecule has 0 N–H and O–H groups in total. The molecule has 0 atom stereocenters. The van der Waals surface area contributed by atoms with Gasteiger partial charge in [0.25, 0.3) is 0 Å². The van der Waals surface area contributed by atoms with Crippen LogP contribution < -0.4 is 4.74 Å². The fourth-order valence-electron chi connectivity index (χ4n) is 2.02. The summed E-state index contributed by atoms with van der Waals surface area (Å²) in [6, 6.07) is 18.6. The Morgan fingerprint density at radius 1 is 0.900 bits per heavy atom. The molecule has 2 aromatic rings. The molecule has 0 saturated carbocycles. The van der Waals surface area contributed by atoms with Crippen molar-refractivity contribution >= 4 is 11.6 Å². The molecular weight excluding hydrogens is 244 g/mol. The Kier molecular flexibility index (Phi) is 4.29. The highest BCUT2D eigenvalue weighted by molar-refractivity contribution is 5.80. The van der Waals surface area contributed by atoms with Crippen LogP contribution in [0.1, 0.15) is 38.8 Å². The molecule has 0 radical (unpaired) electrons. The van der Waals surface area contributed by atoms with E-state index in [4.69, 9.17) is 4.74 Å². The molecular formula is C19H22O. The molecule has 0 amide bonds. The molecule has 0 aliphatic heterocycles. The van der Waals surface area contributed by atoms with Gasteiger partial charge in [0.05, 0.1) is 0 Å². The Hall–Kier alpha value is -2.02. The van der Waals surface area contributed by atoms with Gasteiger partial charge in [-0.25, -0.2) is 0 Å². The van der Waals surface area contributed by atoms with Crippen LogP contribution in [-0.4, -0.2) is 5.60 Å². The molecule has 0 spiro atoms. The van der Waals surface area contributed by atoms with Gasteiger partial charge in [0.1, 0.15) is 11.4 Å². The second-order valence-corrected chi connectivity index (χ2v) is 5.98. The molecule has 1 nitrogen and oxygen atoms in total. The summed E-state index contributed by atoms with van der Waals surface area (Å²) in [5.41, 5.74) is 3.54. The normalized spacial score (nSPS) is 12.3. The number of rotatable bonds is 3. The van der Waals surface area contributed by atoms with E-state index in [2.05, 4.69) is 70.2 Å². The first-order chi connectivity index (χ1) is 9.44. The maximum atomic E-state index is 5.83. The quantitative estimate of drug-likeness (QED) is 0.674. The molecule has 0 saturated heterocycles. The van der Waals surface area contributed by atoms with Gasteiger partial charge in [-0.1, -0.05) is 48.5 Å². The lowest BCUT2D eigenvalue weighted by atomic mass is 10.0. The first-order valence-corrected chi connectivity index (χ1v) is 6.97. The first kappa shape index (κ1) is 14.4. The highest BCUT2D eigenvalue weighted by atomic mass is 16.5. The highest BCUT2D eigenvalue weighted by Crippen LogP contribution is 2.21. The zero-order valence-corrected chi connectivity index (χ0v) is 12.7. The lowest BCUT2D eigenvalue weighted by molar-refractivity contribution is 0.131. The Morgan fingerprint density at radius 3 is 2.05 bits per heavy atom. The lowest BCUT2D eigenvalue weighted by Gasteiger charge is -2.21. The van der Waals surface area contributed by atoms with Gasteiger partial charge in [-0.15, -0.1) is 0 Å². The zero-order valence-electron chi connectivity index (χ0n) is 12.7. The number of allylic oxidation sites excluding steroid dienone is 1. The molecule has 2 rings (SSSR count). The molecule has 104 valence electrons. The Balaban J connectivity index is 2.15. The van der Waals surface area contributed by atoms with Crippen LogP contribution in [0, 0.1) is 0 Å². The predicted molar refractivity (Wildman–Crippen MR) is 86.8 cm³/mol. The molecule has 0 unspecified atom stereocenters.